The Balaban J connectivity index is -0.0000000675. The van der Waals surface area contributed by atoms with E-state index >= 15 is 0 Å². The van der Waals surface area contributed by atoms with Gasteiger partial charge in [-0.25, -0.2) is 0 Å². The third-order valence-electron chi connectivity index (χ3n) is 1.66. The molecular formula is C8H18K2O2. The monoisotopic (exact) mass is 224 g/mol. The molecule has 0 aromatic carbocycles. The Morgan fingerprint density at radius 1 is 1.42 bits per heavy atom. The molecule has 0 aromatic heterocycles. The molecule has 0 heterocycles. The van der Waals surface area contributed by atoms with Crippen LogP contribution >= 0.6 is 0 Å². The van der Waals surface area contributed by atoms with E-state index in [9.17, 15) is 4.79 Å². The summed E-state index contributed by atoms with van der Waals surface area (Å²) in [6, 6.07) is 0. The minimum atomic E-state index is -0.670. The Morgan fingerprint density at radius 2 is 1.92 bits per heavy atom. The number of carboxylic acids is 1. The van der Waals surface area contributed by atoms with E-state index in [1.165, 1.54) is 0 Å². The minimum absolute atomic E-state index is 0. The van der Waals surface area contributed by atoms with Gasteiger partial charge in [0.25, 0.3) is 0 Å². The molecule has 64 valence electrons. The molecule has 4 heteroatoms. The first-order chi connectivity index (χ1) is 4.68. The largest absolute Gasteiger partial charge is 1.00 e. The van der Waals surface area contributed by atoms with Gasteiger partial charge in [-0.3, -0.25) is 4.79 Å². The Morgan fingerprint density at radius 3 is 2.25 bits per heavy atom. The predicted molar refractivity (Wildman–Crippen MR) is 43.2 cm³/mol. The van der Waals surface area contributed by atoms with E-state index in [4.69, 9.17) is 5.11 Å². The van der Waals surface area contributed by atoms with Crippen molar-refractivity contribution in [1.82, 2.24) is 0 Å². The predicted octanol–water partition coefficient (Wildman–Crippen LogP) is -3.48. The third kappa shape index (κ3) is 12.7. The molecule has 0 spiro atoms. The maximum atomic E-state index is 10.3. The Kier molecular flexibility index (Phi) is 23.1. The second-order valence-corrected chi connectivity index (χ2v) is 2.74. The van der Waals surface area contributed by atoms with Crippen LogP contribution in [0.5, 0.6) is 0 Å². The van der Waals surface area contributed by atoms with Crippen molar-refractivity contribution in [2.24, 2.45) is 5.92 Å². The first-order valence-electron chi connectivity index (χ1n) is 3.91. The molecule has 1 N–H and O–H groups in total. The average molecular weight is 224 g/mol. The standard InChI is InChI=1S/C8H16O2.2K.2H/c1-3-4-5-6-7(2)8(9)10;;;;/h7H,3-6H2,1-2H3,(H,9,10);;;;/q;2*+1;2*-1. The third-order valence-corrected chi connectivity index (χ3v) is 1.66. The molecule has 2 nitrogen and oxygen atoms in total. The molecule has 0 bridgehead atoms. The van der Waals surface area contributed by atoms with Crippen molar-refractivity contribution in [1.29, 1.82) is 0 Å². The summed E-state index contributed by atoms with van der Waals surface area (Å²) >= 11 is 0. The molecule has 0 saturated heterocycles. The summed E-state index contributed by atoms with van der Waals surface area (Å²) in [4.78, 5) is 10.3. The first-order valence-corrected chi connectivity index (χ1v) is 3.91. The van der Waals surface area contributed by atoms with Gasteiger partial charge in [0.1, 0.15) is 0 Å². The second-order valence-electron chi connectivity index (χ2n) is 2.74. The van der Waals surface area contributed by atoms with Gasteiger partial charge in [0.2, 0.25) is 0 Å². The molecule has 1 unspecified atom stereocenters. The SMILES string of the molecule is CCCCCC(C)C(=O)O.[H-].[H-].[K+].[K+]. The van der Waals surface area contributed by atoms with Gasteiger partial charge < -0.3 is 7.96 Å². The van der Waals surface area contributed by atoms with Crippen molar-refractivity contribution >= 4 is 5.97 Å². The number of aliphatic carboxylic acids is 1. The number of carboxylic acid groups (broad SMARTS) is 1. The van der Waals surface area contributed by atoms with E-state index in [0.29, 0.717) is 0 Å². The van der Waals surface area contributed by atoms with Crippen LogP contribution in [0, 0.1) is 5.92 Å². The first kappa shape index (κ1) is 20.2. The Hall–Kier alpha value is 2.74. The fourth-order valence-corrected chi connectivity index (χ4v) is 0.824. The van der Waals surface area contributed by atoms with E-state index in [0.717, 1.165) is 25.7 Å². The second kappa shape index (κ2) is 13.7. The molecule has 0 fully saturated rings. The van der Waals surface area contributed by atoms with E-state index in [-0.39, 0.29) is 112 Å². The molecule has 0 radical (unpaired) electrons. The molecule has 0 amide bonds. The number of hydrogen-bond acceptors (Lipinski definition) is 1. The van der Waals surface area contributed by atoms with Gasteiger partial charge in [0.05, 0.1) is 5.92 Å². The van der Waals surface area contributed by atoms with Crippen LogP contribution in [0.15, 0.2) is 0 Å². The van der Waals surface area contributed by atoms with Gasteiger partial charge in [-0.05, 0) is 6.42 Å². The average Bonchev–Trinajstić information content (AvgIpc) is 1.88. The van der Waals surface area contributed by atoms with Gasteiger partial charge in [-0.1, -0.05) is 33.1 Å². The van der Waals surface area contributed by atoms with E-state index in [1.807, 2.05) is 0 Å². The molecule has 0 aliphatic carbocycles. The number of unbranched alkanes of at least 4 members (excludes halogenated alkanes) is 2. The maximum absolute atomic E-state index is 10.3. The summed E-state index contributed by atoms with van der Waals surface area (Å²) in [5, 5.41) is 8.48. The summed E-state index contributed by atoms with van der Waals surface area (Å²) in [6.45, 7) is 3.88. The summed E-state index contributed by atoms with van der Waals surface area (Å²) in [5.41, 5.74) is 0. The molecule has 0 rings (SSSR count). The summed E-state index contributed by atoms with van der Waals surface area (Å²) < 4.78 is 0. The normalized spacial score (nSPS) is 10.8. The van der Waals surface area contributed by atoms with Crippen LogP contribution in [0.4, 0.5) is 0 Å². The number of hydrogen-bond donors (Lipinski definition) is 1. The van der Waals surface area contributed by atoms with Crippen LogP contribution in [0.2, 0.25) is 0 Å². The van der Waals surface area contributed by atoms with E-state index in [1.54, 1.807) is 6.92 Å². The summed E-state index contributed by atoms with van der Waals surface area (Å²) in [6.07, 6.45) is 4.18. The maximum Gasteiger partial charge on any atom is 1.00 e. The van der Waals surface area contributed by atoms with Crippen molar-refractivity contribution in [3.8, 4) is 0 Å². The van der Waals surface area contributed by atoms with Crippen molar-refractivity contribution in [3.05, 3.63) is 0 Å². The molecule has 0 aliphatic rings. The van der Waals surface area contributed by atoms with Crippen LogP contribution in [-0.2, 0) is 4.79 Å². The molecule has 0 saturated carbocycles. The van der Waals surface area contributed by atoms with Gasteiger partial charge in [-0.15, -0.1) is 0 Å². The molecule has 0 aliphatic heterocycles. The number of carbonyl (C=O) groups is 1. The summed E-state index contributed by atoms with van der Waals surface area (Å²) in [7, 11) is 0. The molecular weight excluding hydrogens is 206 g/mol. The van der Waals surface area contributed by atoms with E-state index in [2.05, 4.69) is 6.92 Å². The van der Waals surface area contributed by atoms with Gasteiger partial charge >= 0.3 is 109 Å². The molecule has 1 atom stereocenters. The quantitative estimate of drug-likeness (QED) is 0.389. The van der Waals surface area contributed by atoms with Gasteiger partial charge in [0.15, 0.2) is 0 Å². The minimum Gasteiger partial charge on any atom is -1.00 e. The smallest absolute Gasteiger partial charge is 1.00 e. The van der Waals surface area contributed by atoms with Gasteiger partial charge in [-0.2, -0.15) is 0 Å². The molecule has 12 heavy (non-hydrogen) atoms. The zero-order chi connectivity index (χ0) is 7.98. The summed E-state index contributed by atoms with van der Waals surface area (Å²) in [5.74, 6) is -0.831. The number of rotatable bonds is 5. The van der Waals surface area contributed by atoms with Crippen molar-refractivity contribution in [2.75, 3.05) is 0 Å². The topological polar surface area (TPSA) is 37.3 Å². The molecule has 0 aromatic rings. The van der Waals surface area contributed by atoms with Crippen LogP contribution in [0.25, 0.3) is 0 Å². The van der Waals surface area contributed by atoms with E-state index < -0.39 is 5.97 Å². The van der Waals surface area contributed by atoms with Crippen LogP contribution in [-0.4, -0.2) is 11.1 Å². The zero-order valence-corrected chi connectivity index (χ0v) is 15.0. The zero-order valence-electron chi connectivity index (χ0n) is 10.8. The fourth-order valence-electron chi connectivity index (χ4n) is 0.824. The van der Waals surface area contributed by atoms with Crippen molar-refractivity contribution in [3.63, 3.8) is 0 Å². The van der Waals surface area contributed by atoms with Crippen molar-refractivity contribution < 1.29 is 116 Å². The van der Waals surface area contributed by atoms with Crippen LogP contribution in [0.1, 0.15) is 42.4 Å². The van der Waals surface area contributed by atoms with Crippen molar-refractivity contribution in [2.45, 2.75) is 39.5 Å². The Labute approximate surface area is 163 Å². The van der Waals surface area contributed by atoms with Gasteiger partial charge in [0, 0.05) is 0 Å². The van der Waals surface area contributed by atoms with Crippen LogP contribution < -0.4 is 103 Å². The fraction of sp³-hybridized carbons (Fsp3) is 0.875. The Bertz CT molecular complexity index is 116. The van der Waals surface area contributed by atoms with Crippen LogP contribution in [0.3, 0.4) is 0 Å².